The number of carboxylic acids is 1. The van der Waals surface area contributed by atoms with Gasteiger partial charge >= 0.3 is 5.97 Å². The number of aromatic carboxylic acids is 1. The second-order valence-electron chi connectivity index (χ2n) is 5.56. The van der Waals surface area contributed by atoms with Crippen LogP contribution in [0.5, 0.6) is 0 Å². The third-order valence-electron chi connectivity index (χ3n) is 3.62. The molecule has 106 valence electrons. The fraction of sp³-hybridized carbons (Fsp3) is 0.769. The fourth-order valence-corrected chi connectivity index (χ4v) is 2.52. The van der Waals surface area contributed by atoms with Crippen molar-refractivity contribution < 1.29 is 9.90 Å². The van der Waals surface area contributed by atoms with E-state index in [9.17, 15) is 9.90 Å². The maximum absolute atomic E-state index is 11.3. The maximum atomic E-state index is 11.3. The zero-order valence-electron chi connectivity index (χ0n) is 11.6. The Kier molecular flexibility index (Phi) is 4.52. The lowest BCUT2D eigenvalue weighted by molar-refractivity contribution is 0.0688. The van der Waals surface area contributed by atoms with Gasteiger partial charge in [0.2, 0.25) is 0 Å². The minimum atomic E-state index is -0.968. The second kappa shape index (κ2) is 6.14. The van der Waals surface area contributed by atoms with Gasteiger partial charge in [-0.25, -0.2) is 9.48 Å². The van der Waals surface area contributed by atoms with E-state index in [2.05, 4.69) is 29.5 Å². The van der Waals surface area contributed by atoms with Gasteiger partial charge < -0.3 is 10.4 Å². The Morgan fingerprint density at radius 2 is 2.16 bits per heavy atom. The van der Waals surface area contributed by atoms with Crippen LogP contribution < -0.4 is 5.32 Å². The molecule has 0 unspecified atom stereocenters. The Bertz CT molecular complexity index is 436. The van der Waals surface area contributed by atoms with E-state index in [0.29, 0.717) is 5.92 Å². The number of aryl methyl sites for hydroxylation is 1. The van der Waals surface area contributed by atoms with Crippen molar-refractivity contribution in [1.29, 1.82) is 0 Å². The summed E-state index contributed by atoms with van der Waals surface area (Å²) >= 11 is 0. The first-order valence-corrected chi connectivity index (χ1v) is 6.97. The van der Waals surface area contributed by atoms with Crippen molar-refractivity contribution in [2.75, 3.05) is 13.1 Å². The molecule has 1 fully saturated rings. The Morgan fingerprint density at radius 3 is 2.74 bits per heavy atom. The lowest BCUT2D eigenvalue weighted by Crippen LogP contribution is -2.28. The molecular weight excluding hydrogens is 244 g/mol. The van der Waals surface area contributed by atoms with Crippen LogP contribution in [-0.2, 0) is 6.54 Å². The lowest BCUT2D eigenvalue weighted by atomic mass is 9.93. The Hall–Kier alpha value is -1.43. The number of hydrogen-bond acceptors (Lipinski definition) is 4. The molecule has 1 aliphatic heterocycles. The number of aromatic nitrogens is 3. The van der Waals surface area contributed by atoms with Crippen LogP contribution in [0.1, 0.15) is 55.2 Å². The molecule has 6 heteroatoms. The molecule has 1 saturated heterocycles. The van der Waals surface area contributed by atoms with E-state index in [1.165, 1.54) is 0 Å². The molecule has 1 aromatic heterocycles. The van der Waals surface area contributed by atoms with E-state index >= 15 is 0 Å². The summed E-state index contributed by atoms with van der Waals surface area (Å²) in [6, 6.07) is 0. The molecule has 19 heavy (non-hydrogen) atoms. The van der Waals surface area contributed by atoms with Gasteiger partial charge in [0.25, 0.3) is 0 Å². The van der Waals surface area contributed by atoms with Crippen molar-refractivity contribution in [1.82, 2.24) is 20.3 Å². The zero-order valence-corrected chi connectivity index (χ0v) is 11.6. The van der Waals surface area contributed by atoms with Crippen molar-refractivity contribution in [2.45, 2.75) is 45.6 Å². The molecule has 0 aliphatic carbocycles. The molecule has 0 atom stereocenters. The number of nitrogens with zero attached hydrogens (tertiary/aromatic N) is 3. The quantitative estimate of drug-likeness (QED) is 0.844. The fourth-order valence-electron chi connectivity index (χ4n) is 2.52. The molecule has 0 bridgehead atoms. The van der Waals surface area contributed by atoms with Crippen molar-refractivity contribution >= 4 is 5.97 Å². The monoisotopic (exact) mass is 266 g/mol. The molecule has 2 heterocycles. The number of rotatable bonds is 5. The highest BCUT2D eigenvalue weighted by atomic mass is 16.4. The summed E-state index contributed by atoms with van der Waals surface area (Å²) in [5.74, 6) is -0.141. The summed E-state index contributed by atoms with van der Waals surface area (Å²) in [5.41, 5.74) is 0.949. The zero-order chi connectivity index (χ0) is 13.8. The first-order valence-electron chi connectivity index (χ1n) is 6.97. The SMILES string of the molecule is CC(C)CCn1nnc(C(=O)O)c1C1CCNCC1. The van der Waals surface area contributed by atoms with Gasteiger partial charge in [-0.1, -0.05) is 19.1 Å². The topological polar surface area (TPSA) is 80.0 Å². The van der Waals surface area contributed by atoms with Gasteiger partial charge in [0, 0.05) is 12.5 Å². The Labute approximate surface area is 113 Å². The second-order valence-corrected chi connectivity index (χ2v) is 5.56. The summed E-state index contributed by atoms with van der Waals surface area (Å²) in [6.07, 6.45) is 2.89. The van der Waals surface area contributed by atoms with E-state index in [4.69, 9.17) is 0 Å². The van der Waals surface area contributed by atoms with Crippen molar-refractivity contribution in [3.8, 4) is 0 Å². The van der Waals surface area contributed by atoms with Crippen molar-refractivity contribution in [2.24, 2.45) is 5.92 Å². The summed E-state index contributed by atoms with van der Waals surface area (Å²) < 4.78 is 1.80. The van der Waals surface area contributed by atoms with Gasteiger partial charge in [-0.05, 0) is 38.3 Å². The van der Waals surface area contributed by atoms with Gasteiger partial charge in [-0.3, -0.25) is 0 Å². The van der Waals surface area contributed by atoms with Gasteiger partial charge in [0.05, 0.1) is 5.69 Å². The number of carbonyl (C=O) groups is 1. The largest absolute Gasteiger partial charge is 0.476 e. The molecule has 2 N–H and O–H groups in total. The van der Waals surface area contributed by atoms with Crippen LogP contribution in [0, 0.1) is 5.92 Å². The minimum absolute atomic E-state index is 0.135. The van der Waals surface area contributed by atoms with Gasteiger partial charge in [0.15, 0.2) is 5.69 Å². The van der Waals surface area contributed by atoms with Gasteiger partial charge in [-0.2, -0.15) is 0 Å². The average molecular weight is 266 g/mol. The summed E-state index contributed by atoms with van der Waals surface area (Å²) in [6.45, 7) is 6.91. The molecule has 0 amide bonds. The van der Waals surface area contributed by atoms with Crippen LogP contribution in [0.25, 0.3) is 0 Å². The van der Waals surface area contributed by atoms with E-state index < -0.39 is 5.97 Å². The first kappa shape index (κ1) is 14.0. The highest BCUT2D eigenvalue weighted by molar-refractivity contribution is 5.86. The molecule has 1 aliphatic rings. The van der Waals surface area contributed by atoms with Crippen molar-refractivity contribution in [3.63, 3.8) is 0 Å². The average Bonchev–Trinajstić information content (AvgIpc) is 2.81. The maximum Gasteiger partial charge on any atom is 0.358 e. The number of hydrogen-bond donors (Lipinski definition) is 2. The van der Waals surface area contributed by atoms with Crippen LogP contribution in [-0.4, -0.2) is 39.2 Å². The van der Waals surface area contributed by atoms with Gasteiger partial charge in [0.1, 0.15) is 0 Å². The highest BCUT2D eigenvalue weighted by Crippen LogP contribution is 2.27. The van der Waals surface area contributed by atoms with Crippen LogP contribution in [0.3, 0.4) is 0 Å². The van der Waals surface area contributed by atoms with E-state index in [1.807, 2.05) is 0 Å². The van der Waals surface area contributed by atoms with Crippen molar-refractivity contribution in [3.05, 3.63) is 11.4 Å². The third-order valence-corrected chi connectivity index (χ3v) is 3.62. The number of carboxylic acid groups (broad SMARTS) is 1. The molecule has 0 aromatic carbocycles. The molecule has 0 spiro atoms. The lowest BCUT2D eigenvalue weighted by Gasteiger charge is -2.23. The standard InChI is InChI=1S/C13H22N4O2/c1-9(2)5-8-17-12(10-3-6-14-7-4-10)11(13(18)19)15-16-17/h9-10,14H,3-8H2,1-2H3,(H,18,19). The molecule has 0 radical (unpaired) electrons. The predicted octanol–water partition coefficient (Wildman–Crippen LogP) is 1.49. The highest BCUT2D eigenvalue weighted by Gasteiger charge is 2.27. The van der Waals surface area contributed by atoms with E-state index in [1.54, 1.807) is 4.68 Å². The molecule has 6 nitrogen and oxygen atoms in total. The van der Waals surface area contributed by atoms with Crippen LogP contribution in [0.4, 0.5) is 0 Å². The van der Waals surface area contributed by atoms with Crippen LogP contribution in [0.15, 0.2) is 0 Å². The molecule has 2 rings (SSSR count). The number of nitrogens with one attached hydrogen (secondary N) is 1. The normalized spacial score (nSPS) is 17.0. The van der Waals surface area contributed by atoms with Crippen LogP contribution in [0.2, 0.25) is 0 Å². The summed E-state index contributed by atoms with van der Waals surface area (Å²) in [7, 11) is 0. The first-order chi connectivity index (χ1) is 9.09. The minimum Gasteiger partial charge on any atom is -0.476 e. The third kappa shape index (κ3) is 3.32. The number of piperidine rings is 1. The predicted molar refractivity (Wildman–Crippen MR) is 71.3 cm³/mol. The van der Waals surface area contributed by atoms with Gasteiger partial charge in [-0.15, -0.1) is 5.10 Å². The summed E-state index contributed by atoms with van der Waals surface area (Å²) in [5, 5.41) is 20.5. The van der Waals surface area contributed by atoms with E-state index in [0.717, 1.165) is 44.6 Å². The molecule has 1 aromatic rings. The van der Waals surface area contributed by atoms with E-state index in [-0.39, 0.29) is 11.6 Å². The Balaban J connectivity index is 2.24. The summed E-state index contributed by atoms with van der Waals surface area (Å²) in [4.78, 5) is 11.3. The Morgan fingerprint density at radius 1 is 1.47 bits per heavy atom. The van der Waals surface area contributed by atoms with Crippen LogP contribution >= 0.6 is 0 Å². The molecular formula is C13H22N4O2. The molecule has 0 saturated carbocycles. The smallest absolute Gasteiger partial charge is 0.358 e.